The van der Waals surface area contributed by atoms with Gasteiger partial charge in [-0.15, -0.1) is 0 Å². The maximum absolute atomic E-state index is 12.2. The van der Waals surface area contributed by atoms with E-state index in [2.05, 4.69) is 6.92 Å². The molecular weight excluding hydrogens is 412 g/mol. The van der Waals surface area contributed by atoms with Gasteiger partial charge in [0.1, 0.15) is 12.4 Å². The maximum atomic E-state index is 12.2. The summed E-state index contributed by atoms with van der Waals surface area (Å²) >= 11 is 0. The second kappa shape index (κ2) is 18.5. The Morgan fingerprint density at radius 1 is 0.667 bits per heavy atom. The number of esters is 1. The van der Waals surface area contributed by atoms with Gasteiger partial charge in [-0.2, -0.15) is 4.89 Å². The SMILES string of the molecule is CC.CC.CC.CCc1ccc(OOCc2ccc(C(=O)Oc3ccc(C)cc3)cc2)cc1. The van der Waals surface area contributed by atoms with Crippen LogP contribution >= 0.6 is 0 Å². The van der Waals surface area contributed by atoms with Crippen molar-refractivity contribution in [1.82, 2.24) is 0 Å². The minimum atomic E-state index is -0.390. The zero-order valence-electron chi connectivity index (χ0n) is 21.5. The molecule has 0 radical (unpaired) electrons. The number of carbonyl (C=O) groups excluding carboxylic acids is 1. The normalized spacial score (nSPS) is 9.09. The van der Waals surface area contributed by atoms with Gasteiger partial charge >= 0.3 is 5.97 Å². The molecule has 0 bridgehead atoms. The molecule has 0 spiro atoms. The average molecular weight is 453 g/mol. The number of ether oxygens (including phenoxy) is 1. The Balaban J connectivity index is 0.00000158. The van der Waals surface area contributed by atoms with Crippen molar-refractivity contribution in [3.05, 3.63) is 95.1 Å². The third-order valence-electron chi connectivity index (χ3n) is 4.13. The lowest BCUT2D eigenvalue weighted by atomic mass is 10.1. The summed E-state index contributed by atoms with van der Waals surface area (Å²) in [7, 11) is 0. The van der Waals surface area contributed by atoms with Crippen molar-refractivity contribution in [1.29, 1.82) is 0 Å². The molecule has 4 heteroatoms. The zero-order valence-corrected chi connectivity index (χ0v) is 21.5. The quantitative estimate of drug-likeness (QED) is 0.156. The predicted octanol–water partition coefficient (Wildman–Crippen LogP) is 8.37. The molecule has 0 unspecified atom stereocenters. The van der Waals surface area contributed by atoms with Crippen molar-refractivity contribution >= 4 is 5.97 Å². The monoisotopic (exact) mass is 452 g/mol. The van der Waals surface area contributed by atoms with Gasteiger partial charge in [0.25, 0.3) is 0 Å². The van der Waals surface area contributed by atoms with Crippen molar-refractivity contribution in [3.8, 4) is 11.5 Å². The van der Waals surface area contributed by atoms with E-state index in [1.54, 1.807) is 24.3 Å². The van der Waals surface area contributed by atoms with Crippen molar-refractivity contribution in [2.24, 2.45) is 0 Å². The first-order chi connectivity index (χ1) is 16.1. The van der Waals surface area contributed by atoms with Crippen molar-refractivity contribution in [3.63, 3.8) is 0 Å². The fourth-order valence-electron chi connectivity index (χ4n) is 2.46. The van der Waals surface area contributed by atoms with Crippen LogP contribution in [0.5, 0.6) is 11.5 Å². The van der Waals surface area contributed by atoms with Gasteiger partial charge in [-0.1, -0.05) is 90.4 Å². The van der Waals surface area contributed by atoms with Crippen molar-refractivity contribution in [2.45, 2.75) is 68.4 Å². The van der Waals surface area contributed by atoms with E-state index in [4.69, 9.17) is 14.5 Å². The lowest BCUT2D eigenvalue weighted by molar-refractivity contribution is -0.217. The molecule has 0 saturated heterocycles. The average Bonchev–Trinajstić information content (AvgIpc) is 2.90. The van der Waals surface area contributed by atoms with E-state index in [1.807, 2.05) is 97.0 Å². The van der Waals surface area contributed by atoms with E-state index >= 15 is 0 Å². The highest BCUT2D eigenvalue weighted by Crippen LogP contribution is 2.16. The molecule has 0 fully saturated rings. The molecule has 0 aromatic heterocycles. The third kappa shape index (κ3) is 11.4. The highest BCUT2D eigenvalue weighted by molar-refractivity contribution is 5.91. The molecule has 0 amide bonds. The predicted molar refractivity (Wildman–Crippen MR) is 138 cm³/mol. The highest BCUT2D eigenvalue weighted by Gasteiger charge is 2.08. The molecule has 0 heterocycles. The summed E-state index contributed by atoms with van der Waals surface area (Å²) in [6.07, 6.45) is 0.986. The molecule has 0 saturated carbocycles. The van der Waals surface area contributed by atoms with Crippen molar-refractivity contribution < 1.29 is 19.3 Å². The summed E-state index contributed by atoms with van der Waals surface area (Å²) in [5, 5.41) is 0. The van der Waals surface area contributed by atoms with E-state index in [0.29, 0.717) is 17.1 Å². The smallest absolute Gasteiger partial charge is 0.343 e. The Morgan fingerprint density at radius 2 is 1.15 bits per heavy atom. The molecule has 3 rings (SSSR count). The molecule has 0 atom stereocenters. The number of hydrogen-bond acceptors (Lipinski definition) is 4. The molecular formula is C29H40O4. The summed E-state index contributed by atoms with van der Waals surface area (Å²) in [5.74, 6) is 0.796. The first-order valence-electron chi connectivity index (χ1n) is 11.9. The van der Waals surface area contributed by atoms with Gasteiger partial charge in [0.2, 0.25) is 0 Å². The van der Waals surface area contributed by atoms with Gasteiger partial charge < -0.3 is 9.62 Å². The molecule has 0 aliphatic heterocycles. The van der Waals surface area contributed by atoms with Crippen LogP contribution in [0.3, 0.4) is 0 Å². The van der Waals surface area contributed by atoms with E-state index < -0.39 is 5.97 Å². The minimum Gasteiger partial charge on any atom is -0.423 e. The van der Waals surface area contributed by atoms with Gasteiger partial charge in [0, 0.05) is 0 Å². The molecule has 180 valence electrons. The van der Waals surface area contributed by atoms with Crippen LogP contribution in [0.4, 0.5) is 0 Å². The van der Waals surface area contributed by atoms with E-state index in [0.717, 1.165) is 17.5 Å². The van der Waals surface area contributed by atoms with E-state index in [-0.39, 0.29) is 6.61 Å². The first kappa shape index (κ1) is 29.9. The topological polar surface area (TPSA) is 44.8 Å². The Morgan fingerprint density at radius 3 is 1.67 bits per heavy atom. The Hall–Kier alpha value is -3.11. The van der Waals surface area contributed by atoms with Crippen LogP contribution < -0.4 is 9.62 Å². The van der Waals surface area contributed by atoms with Gasteiger partial charge in [-0.05, 0) is 60.9 Å². The summed E-state index contributed by atoms with van der Waals surface area (Å²) in [6, 6.07) is 22.2. The van der Waals surface area contributed by atoms with E-state index in [9.17, 15) is 4.79 Å². The molecule has 33 heavy (non-hydrogen) atoms. The van der Waals surface area contributed by atoms with Crippen LogP contribution in [0, 0.1) is 6.92 Å². The molecule has 3 aromatic carbocycles. The third-order valence-corrected chi connectivity index (χ3v) is 4.13. The number of rotatable bonds is 7. The standard InChI is InChI=1S/C23H22O4.3C2H6/c1-3-18-8-14-22(15-9-18)27-25-16-19-6-10-20(11-7-19)23(24)26-21-12-4-17(2)5-13-21;3*1-2/h4-15H,3,16H2,1-2H3;3*1-2H3. The van der Waals surface area contributed by atoms with Gasteiger partial charge in [0.15, 0.2) is 5.75 Å². The van der Waals surface area contributed by atoms with Crippen molar-refractivity contribution in [2.75, 3.05) is 0 Å². The summed E-state index contributed by atoms with van der Waals surface area (Å²) in [6.45, 7) is 16.4. The maximum Gasteiger partial charge on any atom is 0.343 e. The summed E-state index contributed by atoms with van der Waals surface area (Å²) in [5.41, 5.74) is 3.74. The van der Waals surface area contributed by atoms with Crippen LogP contribution in [0.15, 0.2) is 72.8 Å². The first-order valence-corrected chi connectivity index (χ1v) is 11.9. The number of aryl methyl sites for hydroxylation is 2. The zero-order chi connectivity index (χ0) is 25.1. The number of carbonyl (C=O) groups is 1. The molecule has 0 aliphatic rings. The fourth-order valence-corrected chi connectivity index (χ4v) is 2.46. The van der Waals surface area contributed by atoms with Crippen LogP contribution in [0.1, 0.15) is 75.5 Å². The fraction of sp³-hybridized carbons (Fsp3) is 0.345. The van der Waals surface area contributed by atoms with Crippen LogP contribution in [-0.4, -0.2) is 5.97 Å². The van der Waals surface area contributed by atoms with Gasteiger partial charge in [0.05, 0.1) is 5.56 Å². The number of hydrogen-bond donors (Lipinski definition) is 0. The molecule has 0 N–H and O–H groups in total. The Bertz CT molecular complexity index is 867. The lowest BCUT2D eigenvalue weighted by Crippen LogP contribution is -2.08. The molecule has 0 aliphatic carbocycles. The van der Waals surface area contributed by atoms with Crippen LogP contribution in [0.2, 0.25) is 0 Å². The largest absolute Gasteiger partial charge is 0.423 e. The second-order valence-corrected chi connectivity index (χ2v) is 6.24. The van der Waals surface area contributed by atoms with Gasteiger partial charge in [-0.3, -0.25) is 0 Å². The summed E-state index contributed by atoms with van der Waals surface area (Å²) < 4.78 is 5.36. The Kier molecular flexibility index (Phi) is 16.7. The summed E-state index contributed by atoms with van der Waals surface area (Å²) in [4.78, 5) is 22.7. The van der Waals surface area contributed by atoms with Crippen LogP contribution in [-0.2, 0) is 17.9 Å². The van der Waals surface area contributed by atoms with Crippen LogP contribution in [0.25, 0.3) is 0 Å². The van der Waals surface area contributed by atoms with E-state index in [1.165, 1.54) is 5.56 Å². The Labute approximate surface area is 200 Å². The van der Waals surface area contributed by atoms with Gasteiger partial charge in [-0.25, -0.2) is 4.79 Å². The lowest BCUT2D eigenvalue weighted by Gasteiger charge is -2.07. The highest BCUT2D eigenvalue weighted by atomic mass is 17.2. The molecule has 3 aromatic rings. The number of benzene rings is 3. The molecule has 4 nitrogen and oxygen atoms in total. The minimum absolute atomic E-state index is 0.281. The second-order valence-electron chi connectivity index (χ2n) is 6.24.